The highest BCUT2D eigenvalue weighted by molar-refractivity contribution is 5.88. The number of phenolic OH excluding ortho intramolecular Hbond substituents is 1. The fraction of sp³-hybridized carbons (Fsp3) is 0.591. The highest BCUT2D eigenvalue weighted by Gasteiger charge is 2.27. The van der Waals surface area contributed by atoms with Gasteiger partial charge in [-0.25, -0.2) is 4.79 Å². The summed E-state index contributed by atoms with van der Waals surface area (Å²) in [5, 5.41) is 15.0. The van der Waals surface area contributed by atoms with Crippen molar-refractivity contribution < 1.29 is 19.5 Å². The van der Waals surface area contributed by atoms with Crippen LogP contribution in [0.1, 0.15) is 45.6 Å². The van der Waals surface area contributed by atoms with E-state index in [0.29, 0.717) is 38.1 Å². The quantitative estimate of drug-likeness (QED) is 0.581. The predicted molar refractivity (Wildman–Crippen MR) is 112 cm³/mol. The molecule has 2 atom stereocenters. The number of likely N-dealkylation sites (tertiary alicyclic amines) is 1. The Morgan fingerprint density at radius 3 is 2.34 bits per heavy atom. The standard InChI is InChI=1S/C22H33N3O4/c1-15(2)12-20(24-22(29)25-10-8-16(3)9-11-25)21(28)23-18(14-26)13-17-4-6-19(27)7-5-17/h4-7,14-16,18,20,27H,8-13H2,1-3H3,(H,23,28)(H,24,29)/t18-,20-/m0/s1. The Labute approximate surface area is 172 Å². The molecule has 3 N–H and O–H groups in total. The molecule has 1 aliphatic heterocycles. The second-order valence-electron chi connectivity index (χ2n) is 8.42. The largest absolute Gasteiger partial charge is 0.508 e. The minimum Gasteiger partial charge on any atom is -0.508 e. The lowest BCUT2D eigenvalue weighted by Crippen LogP contribution is -2.54. The third-order valence-corrected chi connectivity index (χ3v) is 5.28. The number of aromatic hydroxyl groups is 1. The summed E-state index contributed by atoms with van der Waals surface area (Å²) in [5.74, 6) is 0.613. The van der Waals surface area contributed by atoms with Crippen LogP contribution in [0.2, 0.25) is 0 Å². The van der Waals surface area contributed by atoms with E-state index in [1.807, 2.05) is 13.8 Å². The molecule has 160 valence electrons. The number of hydrogen-bond donors (Lipinski definition) is 3. The molecule has 1 saturated heterocycles. The lowest BCUT2D eigenvalue weighted by Gasteiger charge is -2.32. The van der Waals surface area contributed by atoms with Crippen LogP contribution in [0.25, 0.3) is 0 Å². The zero-order valence-electron chi connectivity index (χ0n) is 17.6. The van der Waals surface area contributed by atoms with E-state index in [4.69, 9.17) is 0 Å². The van der Waals surface area contributed by atoms with Crippen molar-refractivity contribution in [3.8, 4) is 5.75 Å². The maximum absolute atomic E-state index is 12.8. The van der Waals surface area contributed by atoms with E-state index in [9.17, 15) is 19.5 Å². The second-order valence-corrected chi connectivity index (χ2v) is 8.42. The summed E-state index contributed by atoms with van der Waals surface area (Å²) in [6.45, 7) is 7.55. The summed E-state index contributed by atoms with van der Waals surface area (Å²) in [6.07, 6.45) is 3.45. The first kappa shape index (κ1) is 22.7. The molecule has 0 aromatic heterocycles. The molecule has 1 fully saturated rings. The van der Waals surface area contributed by atoms with Gasteiger partial charge in [0.1, 0.15) is 18.1 Å². The summed E-state index contributed by atoms with van der Waals surface area (Å²) >= 11 is 0. The van der Waals surface area contributed by atoms with E-state index in [2.05, 4.69) is 17.6 Å². The Hall–Kier alpha value is -2.57. The van der Waals surface area contributed by atoms with Crippen LogP contribution in [0.3, 0.4) is 0 Å². The third-order valence-electron chi connectivity index (χ3n) is 5.28. The van der Waals surface area contributed by atoms with Gasteiger partial charge in [0.15, 0.2) is 0 Å². The van der Waals surface area contributed by atoms with E-state index >= 15 is 0 Å². The van der Waals surface area contributed by atoms with Crippen molar-refractivity contribution in [2.24, 2.45) is 11.8 Å². The Kier molecular flexibility index (Phi) is 8.49. The Morgan fingerprint density at radius 1 is 1.17 bits per heavy atom. The monoisotopic (exact) mass is 403 g/mol. The van der Waals surface area contributed by atoms with Crippen LogP contribution >= 0.6 is 0 Å². The zero-order chi connectivity index (χ0) is 21.4. The van der Waals surface area contributed by atoms with Crippen molar-refractivity contribution in [3.05, 3.63) is 29.8 Å². The summed E-state index contributed by atoms with van der Waals surface area (Å²) in [6, 6.07) is 4.89. The molecule has 1 aromatic carbocycles. The summed E-state index contributed by atoms with van der Waals surface area (Å²) in [7, 11) is 0. The van der Waals surface area contributed by atoms with Crippen LogP contribution in [0, 0.1) is 11.8 Å². The Morgan fingerprint density at radius 2 is 1.79 bits per heavy atom. The minimum absolute atomic E-state index is 0.146. The molecule has 7 nitrogen and oxygen atoms in total. The lowest BCUT2D eigenvalue weighted by atomic mass is 9.99. The SMILES string of the molecule is CC(C)C[C@H](NC(=O)N1CCC(C)CC1)C(=O)N[C@H](C=O)Cc1ccc(O)cc1. The molecule has 1 aliphatic rings. The predicted octanol–water partition coefficient (Wildman–Crippen LogP) is 2.47. The maximum Gasteiger partial charge on any atom is 0.318 e. The number of carbonyl (C=O) groups excluding carboxylic acids is 3. The number of benzene rings is 1. The molecular weight excluding hydrogens is 370 g/mol. The molecule has 29 heavy (non-hydrogen) atoms. The molecule has 1 aromatic rings. The van der Waals surface area contributed by atoms with Gasteiger partial charge in [0.25, 0.3) is 0 Å². The van der Waals surface area contributed by atoms with Gasteiger partial charge in [0.2, 0.25) is 5.91 Å². The lowest BCUT2D eigenvalue weighted by molar-refractivity contribution is -0.126. The molecule has 0 bridgehead atoms. The molecule has 1 heterocycles. The number of urea groups is 1. The number of piperidine rings is 1. The van der Waals surface area contributed by atoms with E-state index in [1.165, 1.54) is 0 Å². The number of amides is 3. The number of carbonyl (C=O) groups is 3. The zero-order valence-corrected chi connectivity index (χ0v) is 17.6. The summed E-state index contributed by atoms with van der Waals surface area (Å²) < 4.78 is 0. The van der Waals surface area contributed by atoms with E-state index in [1.54, 1.807) is 29.2 Å². The topological polar surface area (TPSA) is 98.7 Å². The van der Waals surface area contributed by atoms with Gasteiger partial charge in [-0.3, -0.25) is 4.79 Å². The van der Waals surface area contributed by atoms with Gasteiger partial charge in [0.05, 0.1) is 6.04 Å². The molecular formula is C22H33N3O4. The fourth-order valence-electron chi connectivity index (χ4n) is 3.46. The fourth-order valence-corrected chi connectivity index (χ4v) is 3.46. The van der Waals surface area contributed by atoms with Gasteiger partial charge in [-0.15, -0.1) is 0 Å². The van der Waals surface area contributed by atoms with Crippen LogP contribution in [0.5, 0.6) is 5.75 Å². The Bertz CT molecular complexity index is 682. The van der Waals surface area contributed by atoms with E-state index < -0.39 is 12.1 Å². The number of nitrogens with zero attached hydrogens (tertiary/aromatic N) is 1. The summed E-state index contributed by atoms with van der Waals surface area (Å²) in [4.78, 5) is 38.7. The van der Waals surface area contributed by atoms with Crippen molar-refractivity contribution >= 4 is 18.2 Å². The number of hydrogen-bond acceptors (Lipinski definition) is 4. The Balaban J connectivity index is 1.97. The highest BCUT2D eigenvalue weighted by atomic mass is 16.3. The van der Waals surface area contributed by atoms with Crippen LogP contribution in [-0.2, 0) is 16.0 Å². The molecule has 0 aliphatic carbocycles. The van der Waals surface area contributed by atoms with Gasteiger partial charge in [0, 0.05) is 13.1 Å². The smallest absolute Gasteiger partial charge is 0.318 e. The first-order valence-electron chi connectivity index (χ1n) is 10.4. The number of nitrogens with one attached hydrogen (secondary N) is 2. The van der Waals surface area contributed by atoms with Crippen LogP contribution in [0.15, 0.2) is 24.3 Å². The van der Waals surface area contributed by atoms with Crippen molar-refractivity contribution in [1.29, 1.82) is 0 Å². The number of phenols is 1. The molecule has 7 heteroatoms. The average Bonchev–Trinajstić information content (AvgIpc) is 2.68. The average molecular weight is 404 g/mol. The first-order chi connectivity index (χ1) is 13.8. The van der Waals surface area contributed by atoms with Gasteiger partial charge < -0.3 is 25.4 Å². The van der Waals surface area contributed by atoms with Crippen LogP contribution in [-0.4, -0.2) is 53.4 Å². The van der Waals surface area contributed by atoms with Crippen molar-refractivity contribution in [1.82, 2.24) is 15.5 Å². The normalized spacial score (nSPS) is 16.9. The maximum atomic E-state index is 12.8. The molecule has 0 spiro atoms. The number of aldehydes is 1. The highest BCUT2D eigenvalue weighted by Crippen LogP contribution is 2.16. The molecule has 0 radical (unpaired) electrons. The first-order valence-corrected chi connectivity index (χ1v) is 10.4. The van der Waals surface area contributed by atoms with Gasteiger partial charge >= 0.3 is 6.03 Å². The van der Waals surface area contributed by atoms with Crippen molar-refractivity contribution in [2.75, 3.05) is 13.1 Å². The minimum atomic E-state index is -0.700. The van der Waals surface area contributed by atoms with Crippen LogP contribution in [0.4, 0.5) is 4.79 Å². The van der Waals surface area contributed by atoms with Gasteiger partial charge in [-0.1, -0.05) is 32.9 Å². The van der Waals surface area contributed by atoms with Crippen LogP contribution < -0.4 is 10.6 Å². The molecule has 2 rings (SSSR count). The van der Waals surface area contributed by atoms with Crippen molar-refractivity contribution in [2.45, 2.75) is 58.5 Å². The number of rotatable bonds is 8. The summed E-state index contributed by atoms with van der Waals surface area (Å²) in [5.41, 5.74) is 0.826. The van der Waals surface area contributed by atoms with E-state index in [0.717, 1.165) is 18.4 Å². The van der Waals surface area contributed by atoms with Gasteiger partial charge in [-0.05, 0) is 55.2 Å². The van der Waals surface area contributed by atoms with Crippen molar-refractivity contribution in [3.63, 3.8) is 0 Å². The van der Waals surface area contributed by atoms with E-state index in [-0.39, 0.29) is 23.6 Å². The molecule has 0 saturated carbocycles. The van der Waals surface area contributed by atoms with Gasteiger partial charge in [-0.2, -0.15) is 0 Å². The second kappa shape index (κ2) is 10.8. The third kappa shape index (κ3) is 7.40. The molecule has 3 amide bonds. The molecule has 0 unspecified atom stereocenters.